The average Bonchev–Trinajstić information content (AvgIpc) is 2.75. The second-order valence-corrected chi connectivity index (χ2v) is 4.82. The number of nitrogens with two attached hydrogens (primary N) is 1. The maximum Gasteiger partial charge on any atom is 0.287 e. The SMILES string of the molecule is CC1CCCCCN1Cc1cc(C(=O)NN)no1. The molecule has 0 spiro atoms. The molecule has 1 fully saturated rings. The number of likely N-dealkylation sites (tertiary alicyclic amines) is 1. The number of hydrogen-bond donors (Lipinski definition) is 2. The van der Waals surface area contributed by atoms with E-state index in [1.54, 1.807) is 6.07 Å². The van der Waals surface area contributed by atoms with E-state index in [9.17, 15) is 4.79 Å². The number of nitrogen functional groups attached to an aromatic ring is 1. The molecule has 0 radical (unpaired) electrons. The summed E-state index contributed by atoms with van der Waals surface area (Å²) in [4.78, 5) is 13.6. The third-order valence-electron chi connectivity index (χ3n) is 3.47. The smallest absolute Gasteiger partial charge is 0.287 e. The van der Waals surface area contributed by atoms with Crippen LogP contribution in [0.1, 0.15) is 48.9 Å². The van der Waals surface area contributed by atoms with Crippen molar-refractivity contribution in [2.75, 3.05) is 6.54 Å². The molecule has 18 heavy (non-hydrogen) atoms. The molecule has 1 unspecified atom stereocenters. The number of hydrogen-bond acceptors (Lipinski definition) is 5. The van der Waals surface area contributed by atoms with E-state index in [2.05, 4.69) is 17.0 Å². The van der Waals surface area contributed by atoms with Crippen molar-refractivity contribution in [3.63, 3.8) is 0 Å². The van der Waals surface area contributed by atoms with Crippen molar-refractivity contribution < 1.29 is 9.32 Å². The maximum absolute atomic E-state index is 11.3. The molecule has 1 saturated heterocycles. The van der Waals surface area contributed by atoms with Crippen LogP contribution in [0.25, 0.3) is 0 Å². The highest BCUT2D eigenvalue weighted by atomic mass is 16.5. The van der Waals surface area contributed by atoms with Crippen molar-refractivity contribution in [2.24, 2.45) is 5.84 Å². The first-order valence-electron chi connectivity index (χ1n) is 6.41. The lowest BCUT2D eigenvalue weighted by atomic mass is 10.1. The molecular weight excluding hydrogens is 232 g/mol. The molecule has 2 heterocycles. The van der Waals surface area contributed by atoms with Gasteiger partial charge in [-0.25, -0.2) is 5.84 Å². The van der Waals surface area contributed by atoms with E-state index in [1.807, 2.05) is 5.43 Å². The summed E-state index contributed by atoms with van der Waals surface area (Å²) in [6, 6.07) is 2.20. The first-order chi connectivity index (χ1) is 8.70. The minimum absolute atomic E-state index is 0.231. The summed E-state index contributed by atoms with van der Waals surface area (Å²) in [6.07, 6.45) is 5.01. The molecule has 6 nitrogen and oxygen atoms in total. The van der Waals surface area contributed by atoms with E-state index in [-0.39, 0.29) is 5.69 Å². The lowest BCUT2D eigenvalue weighted by molar-refractivity contribution is 0.0944. The molecule has 0 bridgehead atoms. The lowest BCUT2D eigenvalue weighted by Crippen LogP contribution is -2.32. The fourth-order valence-electron chi connectivity index (χ4n) is 2.34. The van der Waals surface area contributed by atoms with Crippen molar-refractivity contribution in [2.45, 2.75) is 45.2 Å². The molecule has 1 aliphatic heterocycles. The van der Waals surface area contributed by atoms with Crippen LogP contribution in [0.4, 0.5) is 0 Å². The number of rotatable bonds is 3. The number of nitrogens with one attached hydrogen (secondary N) is 1. The molecule has 100 valence electrons. The molecule has 1 aromatic rings. The summed E-state index contributed by atoms with van der Waals surface area (Å²) < 4.78 is 5.17. The molecule has 0 aliphatic carbocycles. The van der Waals surface area contributed by atoms with Crippen LogP contribution in [-0.4, -0.2) is 28.6 Å². The number of amides is 1. The van der Waals surface area contributed by atoms with E-state index in [1.165, 1.54) is 25.7 Å². The fraction of sp³-hybridized carbons (Fsp3) is 0.667. The Hall–Kier alpha value is -1.40. The van der Waals surface area contributed by atoms with Crippen LogP contribution < -0.4 is 11.3 Å². The molecular formula is C12H20N4O2. The first kappa shape index (κ1) is 13.0. The van der Waals surface area contributed by atoms with Crippen molar-refractivity contribution in [1.29, 1.82) is 0 Å². The van der Waals surface area contributed by atoms with Gasteiger partial charge in [0.05, 0.1) is 6.54 Å². The van der Waals surface area contributed by atoms with Crippen molar-refractivity contribution >= 4 is 5.91 Å². The molecule has 0 aromatic carbocycles. The van der Waals surface area contributed by atoms with Gasteiger partial charge in [-0.3, -0.25) is 15.1 Å². The van der Waals surface area contributed by atoms with Gasteiger partial charge in [0.25, 0.3) is 5.91 Å². The van der Waals surface area contributed by atoms with Crippen LogP contribution in [0.3, 0.4) is 0 Å². The minimum atomic E-state index is -0.422. The zero-order valence-electron chi connectivity index (χ0n) is 10.7. The summed E-state index contributed by atoms with van der Waals surface area (Å²) in [6.45, 7) is 4.00. The van der Waals surface area contributed by atoms with Crippen LogP contribution >= 0.6 is 0 Å². The third kappa shape index (κ3) is 3.08. The van der Waals surface area contributed by atoms with Crippen LogP contribution in [0.15, 0.2) is 10.6 Å². The Bertz CT molecular complexity index is 405. The van der Waals surface area contributed by atoms with Gasteiger partial charge in [0.2, 0.25) is 0 Å². The number of carbonyl (C=O) groups is 1. The Kier molecular flexibility index (Phi) is 4.33. The minimum Gasteiger partial charge on any atom is -0.359 e. The zero-order valence-corrected chi connectivity index (χ0v) is 10.7. The molecule has 1 atom stereocenters. The maximum atomic E-state index is 11.3. The van der Waals surface area contributed by atoms with Gasteiger partial charge in [-0.1, -0.05) is 18.0 Å². The summed E-state index contributed by atoms with van der Waals surface area (Å²) in [5.41, 5.74) is 2.27. The number of aromatic nitrogens is 1. The van der Waals surface area contributed by atoms with E-state index in [4.69, 9.17) is 10.4 Å². The molecule has 1 aromatic heterocycles. The Morgan fingerprint density at radius 3 is 3.22 bits per heavy atom. The lowest BCUT2D eigenvalue weighted by Gasteiger charge is -2.25. The molecule has 0 saturated carbocycles. The predicted molar refractivity (Wildman–Crippen MR) is 66.5 cm³/mol. The number of nitrogens with zero attached hydrogens (tertiary/aromatic N) is 2. The Morgan fingerprint density at radius 2 is 2.44 bits per heavy atom. The Labute approximate surface area is 106 Å². The van der Waals surface area contributed by atoms with Gasteiger partial charge in [-0.05, 0) is 26.3 Å². The van der Waals surface area contributed by atoms with Gasteiger partial charge in [-0.2, -0.15) is 0 Å². The second-order valence-electron chi connectivity index (χ2n) is 4.82. The summed E-state index contributed by atoms with van der Waals surface area (Å²) in [5, 5.41) is 3.71. The van der Waals surface area contributed by atoms with E-state index in [0.29, 0.717) is 18.3 Å². The van der Waals surface area contributed by atoms with E-state index in [0.717, 1.165) is 6.54 Å². The molecule has 6 heteroatoms. The highest BCUT2D eigenvalue weighted by Crippen LogP contribution is 2.19. The van der Waals surface area contributed by atoms with E-state index < -0.39 is 5.91 Å². The Balaban J connectivity index is 1.99. The monoisotopic (exact) mass is 252 g/mol. The summed E-state index contributed by atoms with van der Waals surface area (Å²) in [7, 11) is 0. The number of hydrazine groups is 1. The fourth-order valence-corrected chi connectivity index (χ4v) is 2.34. The summed E-state index contributed by atoms with van der Waals surface area (Å²) in [5.74, 6) is 5.34. The van der Waals surface area contributed by atoms with Crippen LogP contribution in [-0.2, 0) is 6.54 Å². The van der Waals surface area contributed by atoms with Gasteiger partial charge in [0, 0.05) is 12.1 Å². The molecule has 1 aliphatic rings. The largest absolute Gasteiger partial charge is 0.359 e. The van der Waals surface area contributed by atoms with Gasteiger partial charge >= 0.3 is 0 Å². The van der Waals surface area contributed by atoms with Crippen LogP contribution in [0, 0.1) is 0 Å². The highest BCUT2D eigenvalue weighted by molar-refractivity contribution is 5.91. The topological polar surface area (TPSA) is 84.4 Å². The highest BCUT2D eigenvalue weighted by Gasteiger charge is 2.19. The van der Waals surface area contributed by atoms with Crippen molar-refractivity contribution in [1.82, 2.24) is 15.5 Å². The van der Waals surface area contributed by atoms with Gasteiger partial charge in [0.15, 0.2) is 11.5 Å². The molecule has 2 rings (SSSR count). The molecule has 3 N–H and O–H groups in total. The van der Waals surface area contributed by atoms with Gasteiger partial charge in [0.1, 0.15) is 0 Å². The second kappa shape index (κ2) is 5.97. The van der Waals surface area contributed by atoms with Crippen molar-refractivity contribution in [3.8, 4) is 0 Å². The quantitative estimate of drug-likeness (QED) is 0.477. The number of carbonyl (C=O) groups excluding carboxylic acids is 1. The van der Waals surface area contributed by atoms with E-state index >= 15 is 0 Å². The first-order valence-corrected chi connectivity index (χ1v) is 6.41. The standard InChI is InChI=1S/C12H20N4O2/c1-9-5-3-2-4-6-16(9)8-10-7-11(15-18-10)12(17)14-13/h7,9H,2-6,8,13H2,1H3,(H,14,17). The summed E-state index contributed by atoms with van der Waals surface area (Å²) >= 11 is 0. The van der Waals surface area contributed by atoms with Gasteiger partial charge < -0.3 is 4.52 Å². The molecule has 1 amide bonds. The third-order valence-corrected chi connectivity index (χ3v) is 3.47. The zero-order chi connectivity index (χ0) is 13.0. The van der Waals surface area contributed by atoms with Gasteiger partial charge in [-0.15, -0.1) is 0 Å². The van der Waals surface area contributed by atoms with Crippen molar-refractivity contribution in [3.05, 3.63) is 17.5 Å². The van der Waals surface area contributed by atoms with Crippen LogP contribution in [0.2, 0.25) is 0 Å². The predicted octanol–water partition coefficient (Wildman–Crippen LogP) is 1.04. The average molecular weight is 252 g/mol. The van der Waals surface area contributed by atoms with Crippen LogP contribution in [0.5, 0.6) is 0 Å². The normalized spacial score (nSPS) is 21.6. The Morgan fingerprint density at radius 1 is 1.61 bits per heavy atom.